The van der Waals surface area contributed by atoms with Crippen LogP contribution in [0.25, 0.3) is 0 Å². The summed E-state index contributed by atoms with van der Waals surface area (Å²) in [5.74, 6) is 1.52. The maximum Gasteiger partial charge on any atom is 0.416 e. The molecule has 31 heavy (non-hydrogen) atoms. The van der Waals surface area contributed by atoms with Gasteiger partial charge in [0.1, 0.15) is 24.7 Å². The fourth-order valence-electron chi connectivity index (χ4n) is 2.63. The molecule has 0 atom stereocenters. The van der Waals surface area contributed by atoms with Crippen LogP contribution in [0.2, 0.25) is 0 Å². The number of carbonyl (C=O) groups is 1. The van der Waals surface area contributed by atoms with E-state index in [0.717, 1.165) is 12.1 Å². The van der Waals surface area contributed by atoms with Gasteiger partial charge in [-0.3, -0.25) is 4.79 Å². The van der Waals surface area contributed by atoms with Crippen molar-refractivity contribution in [1.82, 2.24) is 5.32 Å². The predicted molar refractivity (Wildman–Crippen MR) is 105 cm³/mol. The van der Waals surface area contributed by atoms with Crippen molar-refractivity contribution in [1.29, 1.82) is 0 Å². The van der Waals surface area contributed by atoms with Gasteiger partial charge in [0.05, 0.1) is 19.2 Å². The SMILES string of the molecule is COc1ccccc1OCc1ccc(C(=O)NCCOc2ccc(C(F)(F)F)cc2)o1. The summed E-state index contributed by atoms with van der Waals surface area (Å²) in [7, 11) is 1.54. The zero-order valence-electron chi connectivity index (χ0n) is 16.6. The van der Waals surface area contributed by atoms with Crippen molar-refractivity contribution in [3.05, 3.63) is 77.7 Å². The first kappa shape index (κ1) is 22.1. The van der Waals surface area contributed by atoms with E-state index in [2.05, 4.69) is 5.32 Å². The van der Waals surface area contributed by atoms with E-state index in [4.69, 9.17) is 18.6 Å². The molecular formula is C22H20F3NO5. The van der Waals surface area contributed by atoms with Crippen LogP contribution in [0.3, 0.4) is 0 Å². The second-order valence-electron chi connectivity index (χ2n) is 6.33. The Balaban J connectivity index is 1.42. The van der Waals surface area contributed by atoms with Crippen molar-refractivity contribution < 1.29 is 36.6 Å². The minimum absolute atomic E-state index is 0.0849. The van der Waals surface area contributed by atoms with Gasteiger partial charge < -0.3 is 23.9 Å². The molecule has 0 unspecified atom stereocenters. The Hall–Kier alpha value is -3.62. The molecule has 6 nitrogen and oxygen atoms in total. The Morgan fingerprint density at radius 3 is 2.35 bits per heavy atom. The first-order valence-corrected chi connectivity index (χ1v) is 9.29. The zero-order valence-corrected chi connectivity index (χ0v) is 16.6. The molecule has 3 rings (SSSR count). The van der Waals surface area contributed by atoms with Crippen molar-refractivity contribution in [3.8, 4) is 17.2 Å². The molecule has 1 heterocycles. The second-order valence-corrected chi connectivity index (χ2v) is 6.33. The highest BCUT2D eigenvalue weighted by Gasteiger charge is 2.30. The lowest BCUT2D eigenvalue weighted by Crippen LogP contribution is -2.27. The number of nitrogens with one attached hydrogen (secondary N) is 1. The molecule has 1 N–H and O–H groups in total. The number of ether oxygens (including phenoxy) is 3. The smallest absolute Gasteiger partial charge is 0.416 e. The summed E-state index contributed by atoms with van der Waals surface area (Å²) in [5, 5.41) is 2.61. The van der Waals surface area contributed by atoms with Crippen LogP contribution in [-0.2, 0) is 12.8 Å². The number of hydrogen-bond acceptors (Lipinski definition) is 5. The van der Waals surface area contributed by atoms with Crippen LogP contribution in [-0.4, -0.2) is 26.2 Å². The van der Waals surface area contributed by atoms with Crippen LogP contribution >= 0.6 is 0 Å². The number of halogens is 3. The number of para-hydroxylation sites is 2. The quantitative estimate of drug-likeness (QED) is 0.494. The Labute approximate surface area is 176 Å². The van der Waals surface area contributed by atoms with Crippen molar-refractivity contribution in [2.45, 2.75) is 12.8 Å². The van der Waals surface area contributed by atoms with E-state index in [9.17, 15) is 18.0 Å². The van der Waals surface area contributed by atoms with Crippen LogP contribution in [0.1, 0.15) is 21.9 Å². The summed E-state index contributed by atoms with van der Waals surface area (Å²) in [6.45, 7) is 0.347. The van der Waals surface area contributed by atoms with Crippen LogP contribution in [0.5, 0.6) is 17.2 Å². The Morgan fingerprint density at radius 1 is 0.968 bits per heavy atom. The van der Waals surface area contributed by atoms with Gasteiger partial charge in [0.15, 0.2) is 17.3 Å². The number of alkyl halides is 3. The van der Waals surface area contributed by atoms with Gasteiger partial charge in [-0.2, -0.15) is 13.2 Å². The molecule has 0 aliphatic carbocycles. The summed E-state index contributed by atoms with van der Waals surface area (Å²) in [4.78, 5) is 12.2. The molecule has 9 heteroatoms. The van der Waals surface area contributed by atoms with Crippen LogP contribution in [0.15, 0.2) is 65.1 Å². The lowest BCUT2D eigenvalue weighted by molar-refractivity contribution is -0.137. The zero-order chi connectivity index (χ0) is 22.3. The lowest BCUT2D eigenvalue weighted by Gasteiger charge is -2.09. The van der Waals surface area contributed by atoms with Gasteiger partial charge in [-0.05, 0) is 48.5 Å². The van der Waals surface area contributed by atoms with Crippen molar-refractivity contribution in [3.63, 3.8) is 0 Å². The number of furan rings is 1. The number of carbonyl (C=O) groups excluding carboxylic acids is 1. The highest BCUT2D eigenvalue weighted by atomic mass is 19.4. The molecule has 2 aromatic carbocycles. The fourth-order valence-corrected chi connectivity index (χ4v) is 2.63. The minimum atomic E-state index is -4.40. The molecule has 3 aromatic rings. The predicted octanol–water partition coefficient (Wildman–Crippen LogP) is 4.69. The first-order valence-electron chi connectivity index (χ1n) is 9.29. The normalized spacial score (nSPS) is 11.1. The number of benzene rings is 2. The Kier molecular flexibility index (Phi) is 7.07. The standard InChI is InChI=1S/C22H20F3NO5/c1-28-18-4-2-3-5-19(18)30-14-17-10-11-20(31-17)21(27)26-12-13-29-16-8-6-15(7-9-16)22(23,24)25/h2-11H,12-14H2,1H3,(H,26,27). The Morgan fingerprint density at radius 2 is 1.68 bits per heavy atom. The van der Waals surface area contributed by atoms with E-state index in [-0.39, 0.29) is 31.3 Å². The van der Waals surface area contributed by atoms with Gasteiger partial charge in [-0.15, -0.1) is 0 Å². The summed E-state index contributed by atoms with van der Waals surface area (Å²) >= 11 is 0. The average Bonchev–Trinajstić information content (AvgIpc) is 3.24. The molecule has 164 valence electrons. The van der Waals surface area contributed by atoms with E-state index in [1.165, 1.54) is 18.2 Å². The first-order chi connectivity index (χ1) is 14.9. The third kappa shape index (κ3) is 6.18. The average molecular weight is 435 g/mol. The van der Waals surface area contributed by atoms with Crippen molar-refractivity contribution in [2.24, 2.45) is 0 Å². The van der Waals surface area contributed by atoms with Gasteiger partial charge in [-0.25, -0.2) is 0 Å². The highest BCUT2D eigenvalue weighted by molar-refractivity contribution is 5.91. The number of amides is 1. The number of methoxy groups -OCH3 is 1. The minimum Gasteiger partial charge on any atom is -0.493 e. The molecule has 0 radical (unpaired) electrons. The molecule has 0 fully saturated rings. The van der Waals surface area contributed by atoms with E-state index >= 15 is 0 Å². The summed E-state index contributed by atoms with van der Waals surface area (Å²) in [6, 6.07) is 14.6. The monoisotopic (exact) mass is 435 g/mol. The maximum absolute atomic E-state index is 12.5. The van der Waals surface area contributed by atoms with E-state index in [0.29, 0.717) is 17.3 Å². The molecule has 0 saturated carbocycles. The second kappa shape index (κ2) is 9.92. The summed E-state index contributed by atoms with van der Waals surface area (Å²) < 4.78 is 59.3. The van der Waals surface area contributed by atoms with Gasteiger partial charge in [-0.1, -0.05) is 12.1 Å². The molecule has 0 spiro atoms. The third-order valence-corrected chi connectivity index (χ3v) is 4.16. The van der Waals surface area contributed by atoms with Gasteiger partial charge in [0.25, 0.3) is 5.91 Å². The van der Waals surface area contributed by atoms with E-state index in [1.807, 2.05) is 12.1 Å². The van der Waals surface area contributed by atoms with E-state index in [1.54, 1.807) is 25.3 Å². The summed E-state index contributed by atoms with van der Waals surface area (Å²) in [6.07, 6.45) is -4.40. The molecular weight excluding hydrogens is 415 g/mol. The largest absolute Gasteiger partial charge is 0.493 e. The topological polar surface area (TPSA) is 69.9 Å². The highest BCUT2D eigenvalue weighted by Crippen LogP contribution is 2.30. The molecule has 1 amide bonds. The lowest BCUT2D eigenvalue weighted by atomic mass is 10.2. The molecule has 1 aromatic heterocycles. The van der Waals surface area contributed by atoms with Crippen LogP contribution in [0, 0.1) is 0 Å². The fraction of sp³-hybridized carbons (Fsp3) is 0.227. The molecule has 0 saturated heterocycles. The van der Waals surface area contributed by atoms with E-state index < -0.39 is 17.6 Å². The maximum atomic E-state index is 12.5. The third-order valence-electron chi connectivity index (χ3n) is 4.16. The van der Waals surface area contributed by atoms with Gasteiger partial charge >= 0.3 is 6.18 Å². The van der Waals surface area contributed by atoms with Crippen LogP contribution < -0.4 is 19.5 Å². The number of rotatable bonds is 9. The van der Waals surface area contributed by atoms with Crippen LogP contribution in [0.4, 0.5) is 13.2 Å². The van der Waals surface area contributed by atoms with Crippen molar-refractivity contribution >= 4 is 5.91 Å². The summed E-state index contributed by atoms with van der Waals surface area (Å²) in [5.41, 5.74) is -0.753. The Bertz CT molecular complexity index is 999. The molecule has 0 aliphatic heterocycles. The van der Waals surface area contributed by atoms with Crippen molar-refractivity contribution in [2.75, 3.05) is 20.3 Å². The van der Waals surface area contributed by atoms with Gasteiger partial charge in [0.2, 0.25) is 0 Å². The molecule has 0 aliphatic rings. The molecule has 0 bridgehead atoms. The number of hydrogen-bond donors (Lipinski definition) is 1. The van der Waals surface area contributed by atoms with Gasteiger partial charge in [0, 0.05) is 0 Å².